The van der Waals surface area contributed by atoms with E-state index in [9.17, 15) is 0 Å². The summed E-state index contributed by atoms with van der Waals surface area (Å²) in [4.78, 5) is 0. The molecule has 0 atom stereocenters. The Balaban J connectivity index is 1.80. The number of methoxy groups -OCH3 is 1. The summed E-state index contributed by atoms with van der Waals surface area (Å²) in [6.07, 6.45) is 0. The molecule has 0 saturated carbocycles. The Morgan fingerprint density at radius 1 is 1.29 bits per heavy atom. The van der Waals surface area contributed by atoms with E-state index in [0.29, 0.717) is 17.9 Å². The summed E-state index contributed by atoms with van der Waals surface area (Å²) in [5, 5.41) is 12.2. The van der Waals surface area contributed by atoms with Crippen LogP contribution in [0.5, 0.6) is 17.2 Å². The van der Waals surface area contributed by atoms with Crippen molar-refractivity contribution in [1.82, 2.24) is 0 Å². The Hall–Kier alpha value is -2.87. The van der Waals surface area contributed by atoms with Gasteiger partial charge in [-0.15, -0.1) is 0 Å². The van der Waals surface area contributed by atoms with Gasteiger partial charge < -0.3 is 19.5 Å². The van der Waals surface area contributed by atoms with Crippen molar-refractivity contribution in [1.29, 1.82) is 5.26 Å². The van der Waals surface area contributed by atoms with Crippen molar-refractivity contribution >= 4 is 5.69 Å². The highest BCUT2D eigenvalue weighted by atomic mass is 16.7. The lowest BCUT2D eigenvalue weighted by Crippen LogP contribution is -2.03. The van der Waals surface area contributed by atoms with Crippen molar-refractivity contribution in [2.24, 2.45) is 0 Å². The molecule has 21 heavy (non-hydrogen) atoms. The second kappa shape index (κ2) is 5.63. The van der Waals surface area contributed by atoms with Crippen LogP contribution in [0, 0.1) is 11.3 Å². The van der Waals surface area contributed by atoms with Gasteiger partial charge in [0.05, 0.1) is 24.4 Å². The van der Waals surface area contributed by atoms with Crippen LogP contribution in [0.2, 0.25) is 0 Å². The van der Waals surface area contributed by atoms with Gasteiger partial charge in [-0.05, 0) is 18.2 Å². The van der Waals surface area contributed by atoms with Crippen LogP contribution < -0.4 is 19.5 Å². The molecule has 3 rings (SSSR count). The van der Waals surface area contributed by atoms with E-state index in [-0.39, 0.29) is 6.79 Å². The predicted octanol–water partition coefficient (Wildman–Crippen LogP) is 2.91. The highest BCUT2D eigenvalue weighted by Gasteiger charge is 2.17. The van der Waals surface area contributed by atoms with Gasteiger partial charge >= 0.3 is 0 Å². The predicted molar refractivity (Wildman–Crippen MR) is 77.6 cm³/mol. The molecule has 0 radical (unpaired) electrons. The van der Waals surface area contributed by atoms with Gasteiger partial charge in [-0.2, -0.15) is 5.26 Å². The zero-order valence-corrected chi connectivity index (χ0v) is 11.6. The number of ether oxygens (including phenoxy) is 3. The third kappa shape index (κ3) is 2.56. The summed E-state index contributed by atoms with van der Waals surface area (Å²) >= 11 is 0. The lowest BCUT2D eigenvalue weighted by atomic mass is 10.1. The second-order valence-electron chi connectivity index (χ2n) is 4.53. The fourth-order valence-corrected chi connectivity index (χ4v) is 2.23. The molecule has 1 N–H and O–H groups in total. The largest absolute Gasteiger partial charge is 0.495 e. The fourth-order valence-electron chi connectivity index (χ4n) is 2.23. The summed E-state index contributed by atoms with van der Waals surface area (Å²) in [5.74, 6) is 2.18. The first-order valence-electron chi connectivity index (χ1n) is 6.51. The number of nitrogens with zero attached hydrogens (tertiary/aromatic N) is 1. The van der Waals surface area contributed by atoms with Crippen molar-refractivity contribution in [2.45, 2.75) is 6.54 Å². The molecule has 0 spiro atoms. The third-order valence-electron chi connectivity index (χ3n) is 3.28. The van der Waals surface area contributed by atoms with Gasteiger partial charge in [0.25, 0.3) is 0 Å². The molecule has 5 nitrogen and oxygen atoms in total. The first-order chi connectivity index (χ1) is 10.3. The molecule has 106 valence electrons. The summed E-state index contributed by atoms with van der Waals surface area (Å²) in [7, 11) is 1.58. The SMILES string of the molecule is COc1cc(C#N)ccc1NCc1cccc2c1OCO2. The molecular weight excluding hydrogens is 268 g/mol. The van der Waals surface area contributed by atoms with Gasteiger partial charge in [-0.25, -0.2) is 0 Å². The van der Waals surface area contributed by atoms with E-state index < -0.39 is 0 Å². The Morgan fingerprint density at radius 3 is 3.00 bits per heavy atom. The first-order valence-corrected chi connectivity index (χ1v) is 6.51. The number of nitrogens with one attached hydrogen (secondary N) is 1. The van der Waals surface area contributed by atoms with Crippen LogP contribution in [-0.4, -0.2) is 13.9 Å². The van der Waals surface area contributed by atoms with Crippen LogP contribution in [0.4, 0.5) is 5.69 Å². The third-order valence-corrected chi connectivity index (χ3v) is 3.28. The zero-order chi connectivity index (χ0) is 14.7. The molecule has 1 aliphatic heterocycles. The topological polar surface area (TPSA) is 63.5 Å². The van der Waals surface area contributed by atoms with Crippen molar-refractivity contribution < 1.29 is 14.2 Å². The molecule has 5 heteroatoms. The van der Waals surface area contributed by atoms with Crippen molar-refractivity contribution in [3.63, 3.8) is 0 Å². The van der Waals surface area contributed by atoms with E-state index in [4.69, 9.17) is 19.5 Å². The number of para-hydroxylation sites is 1. The average molecular weight is 282 g/mol. The zero-order valence-electron chi connectivity index (χ0n) is 11.6. The number of rotatable bonds is 4. The molecule has 0 saturated heterocycles. The van der Waals surface area contributed by atoms with E-state index in [2.05, 4.69) is 11.4 Å². The van der Waals surface area contributed by atoms with Crippen LogP contribution in [0.1, 0.15) is 11.1 Å². The van der Waals surface area contributed by atoms with E-state index in [1.54, 1.807) is 19.2 Å². The molecule has 1 aliphatic rings. The first kappa shape index (κ1) is 13.1. The number of hydrogen-bond donors (Lipinski definition) is 1. The maximum absolute atomic E-state index is 8.91. The number of anilines is 1. The Morgan fingerprint density at radius 2 is 2.19 bits per heavy atom. The van der Waals surface area contributed by atoms with E-state index in [1.807, 2.05) is 24.3 Å². The monoisotopic (exact) mass is 282 g/mol. The van der Waals surface area contributed by atoms with Gasteiger partial charge in [-0.1, -0.05) is 12.1 Å². The molecule has 0 fully saturated rings. The molecular formula is C16H14N2O3. The standard InChI is InChI=1S/C16H14N2O3/c1-19-15-7-11(8-17)5-6-13(15)18-9-12-3-2-4-14-16(12)21-10-20-14/h2-7,18H,9-10H2,1H3. The second-order valence-corrected chi connectivity index (χ2v) is 4.53. The molecule has 1 heterocycles. The maximum atomic E-state index is 8.91. The van der Waals surface area contributed by atoms with E-state index in [0.717, 1.165) is 22.7 Å². The van der Waals surface area contributed by atoms with E-state index >= 15 is 0 Å². The fraction of sp³-hybridized carbons (Fsp3) is 0.188. The van der Waals surface area contributed by atoms with Gasteiger partial charge in [0.2, 0.25) is 6.79 Å². The minimum absolute atomic E-state index is 0.256. The van der Waals surface area contributed by atoms with E-state index in [1.165, 1.54) is 0 Å². The molecule has 0 aromatic heterocycles. The van der Waals surface area contributed by atoms with Gasteiger partial charge in [0.1, 0.15) is 5.75 Å². The van der Waals surface area contributed by atoms with Crippen LogP contribution >= 0.6 is 0 Å². The molecule has 2 aromatic carbocycles. The summed E-state index contributed by atoms with van der Waals surface area (Å²) < 4.78 is 16.1. The normalized spacial score (nSPS) is 11.8. The number of nitriles is 1. The van der Waals surface area contributed by atoms with Crippen LogP contribution in [-0.2, 0) is 6.54 Å². The molecule has 0 unspecified atom stereocenters. The maximum Gasteiger partial charge on any atom is 0.231 e. The van der Waals surface area contributed by atoms with Crippen LogP contribution in [0.3, 0.4) is 0 Å². The Kier molecular flexibility index (Phi) is 3.52. The summed E-state index contributed by atoms with van der Waals surface area (Å²) in [6, 6.07) is 13.2. The van der Waals surface area contributed by atoms with Crippen molar-refractivity contribution in [2.75, 3.05) is 19.2 Å². The van der Waals surface area contributed by atoms with Gasteiger partial charge in [0.15, 0.2) is 11.5 Å². The van der Waals surface area contributed by atoms with Gasteiger partial charge in [-0.3, -0.25) is 0 Å². The van der Waals surface area contributed by atoms with Crippen LogP contribution in [0.25, 0.3) is 0 Å². The summed E-state index contributed by atoms with van der Waals surface area (Å²) in [6.45, 7) is 0.835. The minimum Gasteiger partial charge on any atom is -0.495 e. The van der Waals surface area contributed by atoms with Crippen molar-refractivity contribution in [3.05, 3.63) is 47.5 Å². The molecule has 0 amide bonds. The van der Waals surface area contributed by atoms with Gasteiger partial charge in [0, 0.05) is 18.2 Å². The highest BCUT2D eigenvalue weighted by molar-refractivity contribution is 5.60. The quantitative estimate of drug-likeness (QED) is 0.934. The summed E-state index contributed by atoms with van der Waals surface area (Å²) in [5.41, 5.74) is 2.40. The van der Waals surface area contributed by atoms with Crippen molar-refractivity contribution in [3.8, 4) is 23.3 Å². The minimum atomic E-state index is 0.256. The lowest BCUT2D eigenvalue weighted by molar-refractivity contribution is 0.173. The highest BCUT2D eigenvalue weighted by Crippen LogP contribution is 2.36. The molecule has 0 aliphatic carbocycles. The molecule has 2 aromatic rings. The molecule has 0 bridgehead atoms. The smallest absolute Gasteiger partial charge is 0.231 e. The lowest BCUT2D eigenvalue weighted by Gasteiger charge is -2.12. The Bertz CT molecular complexity index is 707. The number of fused-ring (bicyclic) bond motifs is 1. The number of hydrogen-bond acceptors (Lipinski definition) is 5. The Labute approximate surface area is 122 Å². The average Bonchev–Trinajstić information content (AvgIpc) is 3.01. The number of benzene rings is 2. The van der Waals surface area contributed by atoms with Crippen LogP contribution in [0.15, 0.2) is 36.4 Å².